The smallest absolute Gasteiger partial charge is 0.262 e. The number of hydrogen-bond acceptors (Lipinski definition) is 4. The summed E-state index contributed by atoms with van der Waals surface area (Å²) in [6, 6.07) is 14.5. The summed E-state index contributed by atoms with van der Waals surface area (Å²) in [7, 11) is 1.58. The van der Waals surface area contributed by atoms with Crippen molar-refractivity contribution in [1.29, 1.82) is 0 Å². The molecule has 2 aromatic carbocycles. The van der Waals surface area contributed by atoms with Crippen molar-refractivity contribution in [3.8, 4) is 11.5 Å². The Morgan fingerprint density at radius 1 is 1.14 bits per heavy atom. The maximum absolute atomic E-state index is 11.8. The average Bonchev–Trinajstić information content (AvgIpc) is 2.54. The fourth-order valence-electron chi connectivity index (χ4n) is 1.76. The molecular formula is C16H18N2O3. The van der Waals surface area contributed by atoms with E-state index in [0.717, 1.165) is 5.56 Å². The van der Waals surface area contributed by atoms with E-state index in [1.54, 1.807) is 25.3 Å². The highest BCUT2D eigenvalue weighted by molar-refractivity contribution is 5.91. The van der Waals surface area contributed by atoms with Crippen molar-refractivity contribution in [2.45, 2.75) is 6.54 Å². The summed E-state index contributed by atoms with van der Waals surface area (Å²) in [6.45, 7) is 0.416. The molecule has 0 spiro atoms. The number of methoxy groups -OCH3 is 1. The molecule has 0 unspecified atom stereocenters. The topological polar surface area (TPSA) is 73.6 Å². The molecule has 5 nitrogen and oxygen atoms in total. The first-order valence-electron chi connectivity index (χ1n) is 6.57. The standard InChI is InChI=1S/C16H18N2O3/c1-20-14-3-2-4-15(9-14)21-11-16(19)18-13-7-5-12(10-17)6-8-13/h2-9H,10-11,17H2,1H3,(H,18,19). The van der Waals surface area contributed by atoms with E-state index in [4.69, 9.17) is 15.2 Å². The first kappa shape index (κ1) is 14.9. The first-order valence-corrected chi connectivity index (χ1v) is 6.57. The molecule has 0 aliphatic carbocycles. The van der Waals surface area contributed by atoms with Crippen molar-refractivity contribution < 1.29 is 14.3 Å². The Balaban J connectivity index is 1.86. The predicted octanol–water partition coefficient (Wildman–Crippen LogP) is 2.17. The lowest BCUT2D eigenvalue weighted by Gasteiger charge is -2.09. The molecule has 0 saturated carbocycles. The summed E-state index contributed by atoms with van der Waals surface area (Å²) in [5.41, 5.74) is 7.25. The molecule has 21 heavy (non-hydrogen) atoms. The molecule has 110 valence electrons. The van der Waals surface area contributed by atoms with E-state index in [9.17, 15) is 4.79 Å². The van der Waals surface area contributed by atoms with Crippen molar-refractivity contribution in [3.05, 3.63) is 54.1 Å². The zero-order valence-corrected chi connectivity index (χ0v) is 11.8. The Hall–Kier alpha value is -2.53. The van der Waals surface area contributed by atoms with Crippen LogP contribution in [0.2, 0.25) is 0 Å². The number of hydrogen-bond donors (Lipinski definition) is 2. The molecule has 0 atom stereocenters. The van der Waals surface area contributed by atoms with E-state index in [2.05, 4.69) is 5.32 Å². The zero-order chi connectivity index (χ0) is 15.1. The van der Waals surface area contributed by atoms with Crippen molar-refractivity contribution in [1.82, 2.24) is 0 Å². The van der Waals surface area contributed by atoms with Gasteiger partial charge in [-0.25, -0.2) is 0 Å². The summed E-state index contributed by atoms with van der Waals surface area (Å²) in [6.07, 6.45) is 0. The van der Waals surface area contributed by atoms with Crippen LogP contribution in [0.1, 0.15) is 5.56 Å². The van der Waals surface area contributed by atoms with Crippen molar-refractivity contribution in [2.75, 3.05) is 19.0 Å². The first-order chi connectivity index (χ1) is 10.2. The van der Waals surface area contributed by atoms with Crippen LogP contribution in [-0.4, -0.2) is 19.6 Å². The Morgan fingerprint density at radius 3 is 2.52 bits per heavy atom. The summed E-state index contributed by atoms with van der Waals surface area (Å²) in [5, 5.41) is 2.76. The molecule has 0 aromatic heterocycles. The fraction of sp³-hybridized carbons (Fsp3) is 0.188. The van der Waals surface area contributed by atoms with Gasteiger partial charge in [-0.15, -0.1) is 0 Å². The van der Waals surface area contributed by atoms with Crippen LogP contribution in [0.3, 0.4) is 0 Å². The van der Waals surface area contributed by atoms with Crippen LogP contribution in [0.15, 0.2) is 48.5 Å². The molecule has 0 aliphatic rings. The van der Waals surface area contributed by atoms with Crippen LogP contribution in [0.25, 0.3) is 0 Å². The molecule has 0 saturated heterocycles. The third kappa shape index (κ3) is 4.50. The van der Waals surface area contributed by atoms with Gasteiger partial charge in [0, 0.05) is 18.3 Å². The lowest BCUT2D eigenvalue weighted by Crippen LogP contribution is -2.20. The molecule has 1 amide bonds. The summed E-state index contributed by atoms with van der Waals surface area (Å²) < 4.78 is 10.5. The quantitative estimate of drug-likeness (QED) is 0.853. The SMILES string of the molecule is COc1cccc(OCC(=O)Nc2ccc(CN)cc2)c1. The molecule has 2 rings (SSSR count). The molecular weight excluding hydrogens is 268 g/mol. The maximum atomic E-state index is 11.8. The summed E-state index contributed by atoms with van der Waals surface area (Å²) in [4.78, 5) is 11.8. The number of carbonyl (C=O) groups is 1. The van der Waals surface area contributed by atoms with Crippen LogP contribution < -0.4 is 20.5 Å². The minimum absolute atomic E-state index is 0.0637. The highest BCUT2D eigenvalue weighted by Gasteiger charge is 2.04. The zero-order valence-electron chi connectivity index (χ0n) is 11.8. The summed E-state index contributed by atoms with van der Waals surface area (Å²) >= 11 is 0. The Labute approximate surface area is 123 Å². The molecule has 5 heteroatoms. The van der Waals surface area contributed by atoms with Gasteiger partial charge < -0.3 is 20.5 Å². The van der Waals surface area contributed by atoms with Crippen molar-refractivity contribution >= 4 is 11.6 Å². The van der Waals surface area contributed by atoms with Crippen LogP contribution in [0, 0.1) is 0 Å². The number of ether oxygens (including phenoxy) is 2. The van der Waals surface area contributed by atoms with Crippen molar-refractivity contribution in [2.24, 2.45) is 5.73 Å². The largest absolute Gasteiger partial charge is 0.497 e. The fourth-order valence-corrected chi connectivity index (χ4v) is 1.76. The second kappa shape index (κ2) is 7.31. The van der Waals surface area contributed by atoms with Gasteiger partial charge in [-0.3, -0.25) is 4.79 Å². The third-order valence-corrected chi connectivity index (χ3v) is 2.88. The molecule has 0 aliphatic heterocycles. The molecule has 0 radical (unpaired) electrons. The number of rotatable bonds is 6. The molecule has 2 aromatic rings. The van der Waals surface area contributed by atoms with Crippen molar-refractivity contribution in [3.63, 3.8) is 0 Å². The van der Waals surface area contributed by atoms with E-state index in [-0.39, 0.29) is 12.5 Å². The average molecular weight is 286 g/mol. The highest BCUT2D eigenvalue weighted by Crippen LogP contribution is 2.18. The minimum Gasteiger partial charge on any atom is -0.497 e. The van der Waals surface area contributed by atoms with E-state index in [0.29, 0.717) is 23.7 Å². The lowest BCUT2D eigenvalue weighted by atomic mass is 10.2. The lowest BCUT2D eigenvalue weighted by molar-refractivity contribution is -0.118. The van der Waals surface area contributed by atoms with Gasteiger partial charge in [0.25, 0.3) is 5.91 Å². The Kier molecular flexibility index (Phi) is 5.17. The van der Waals surface area contributed by atoms with E-state index in [1.807, 2.05) is 30.3 Å². The number of nitrogens with one attached hydrogen (secondary N) is 1. The molecule has 3 N–H and O–H groups in total. The van der Waals surface area contributed by atoms with E-state index >= 15 is 0 Å². The minimum atomic E-state index is -0.224. The van der Waals surface area contributed by atoms with Gasteiger partial charge in [-0.1, -0.05) is 18.2 Å². The van der Waals surface area contributed by atoms with Crippen LogP contribution in [-0.2, 0) is 11.3 Å². The van der Waals surface area contributed by atoms with Gasteiger partial charge in [-0.2, -0.15) is 0 Å². The third-order valence-electron chi connectivity index (χ3n) is 2.88. The highest BCUT2D eigenvalue weighted by atomic mass is 16.5. The predicted molar refractivity (Wildman–Crippen MR) is 81.5 cm³/mol. The molecule has 0 fully saturated rings. The van der Waals surface area contributed by atoms with E-state index in [1.165, 1.54) is 0 Å². The Bertz CT molecular complexity index is 597. The maximum Gasteiger partial charge on any atom is 0.262 e. The van der Waals surface area contributed by atoms with Gasteiger partial charge in [0.15, 0.2) is 6.61 Å². The number of benzene rings is 2. The van der Waals surface area contributed by atoms with Gasteiger partial charge in [-0.05, 0) is 29.8 Å². The number of amides is 1. The summed E-state index contributed by atoms with van der Waals surface area (Å²) in [5.74, 6) is 1.05. The Morgan fingerprint density at radius 2 is 1.86 bits per heavy atom. The second-order valence-corrected chi connectivity index (χ2v) is 4.42. The van der Waals surface area contributed by atoms with Gasteiger partial charge in [0.05, 0.1) is 7.11 Å². The van der Waals surface area contributed by atoms with E-state index < -0.39 is 0 Å². The number of nitrogens with two attached hydrogens (primary N) is 1. The van der Waals surface area contributed by atoms with Gasteiger partial charge in [0.2, 0.25) is 0 Å². The van der Waals surface area contributed by atoms with Gasteiger partial charge in [0.1, 0.15) is 11.5 Å². The number of anilines is 1. The van der Waals surface area contributed by atoms with Gasteiger partial charge >= 0.3 is 0 Å². The van der Waals surface area contributed by atoms with Crippen LogP contribution in [0.5, 0.6) is 11.5 Å². The second-order valence-electron chi connectivity index (χ2n) is 4.42. The number of carbonyl (C=O) groups excluding carboxylic acids is 1. The monoisotopic (exact) mass is 286 g/mol. The van der Waals surface area contributed by atoms with Crippen LogP contribution in [0.4, 0.5) is 5.69 Å². The molecule has 0 heterocycles. The normalized spacial score (nSPS) is 10.0. The molecule has 0 bridgehead atoms. The van der Waals surface area contributed by atoms with Crippen LogP contribution >= 0.6 is 0 Å².